The number of para-hydroxylation sites is 1. The lowest BCUT2D eigenvalue weighted by molar-refractivity contribution is 0.0787. The summed E-state index contributed by atoms with van der Waals surface area (Å²) in [4.78, 5) is 14.8. The van der Waals surface area contributed by atoms with Gasteiger partial charge in [0.05, 0.1) is 12.7 Å². The summed E-state index contributed by atoms with van der Waals surface area (Å²) in [5, 5.41) is 0. The number of benzene rings is 3. The maximum absolute atomic E-state index is 12.9. The molecule has 1 fully saturated rings. The standard InChI is InChI=1S/C25H25NO3/c1-28-23-11-7-10-22(25(27)26-16-5-6-17-26)24(23)29-18-19-12-14-21(15-13-19)20-8-3-2-4-9-20/h2-4,7-15H,5-6,16-18H2,1H3. The summed E-state index contributed by atoms with van der Waals surface area (Å²) in [6.45, 7) is 1.97. The van der Waals surface area contributed by atoms with Gasteiger partial charge in [-0.2, -0.15) is 0 Å². The predicted octanol–water partition coefficient (Wildman–Crippen LogP) is 5.18. The molecule has 0 N–H and O–H groups in total. The first-order valence-electron chi connectivity index (χ1n) is 9.99. The number of likely N-dealkylation sites (tertiary alicyclic amines) is 1. The maximum Gasteiger partial charge on any atom is 0.257 e. The molecule has 1 heterocycles. The zero-order valence-corrected chi connectivity index (χ0v) is 16.6. The van der Waals surface area contributed by atoms with Crippen LogP contribution < -0.4 is 9.47 Å². The smallest absolute Gasteiger partial charge is 0.257 e. The van der Waals surface area contributed by atoms with Gasteiger partial charge in [0.2, 0.25) is 0 Å². The van der Waals surface area contributed by atoms with Crippen molar-refractivity contribution in [1.82, 2.24) is 4.90 Å². The van der Waals surface area contributed by atoms with Crippen molar-refractivity contribution in [2.24, 2.45) is 0 Å². The first-order chi connectivity index (χ1) is 14.3. The van der Waals surface area contributed by atoms with E-state index in [1.54, 1.807) is 7.11 Å². The molecule has 1 aliphatic heterocycles. The fourth-order valence-corrected chi connectivity index (χ4v) is 3.66. The third kappa shape index (κ3) is 4.27. The normalized spacial score (nSPS) is 13.3. The Bertz CT molecular complexity index is 961. The second kappa shape index (κ2) is 8.82. The minimum atomic E-state index is 0.0100. The molecule has 1 aliphatic rings. The molecule has 4 rings (SSSR count). The van der Waals surface area contributed by atoms with Crippen molar-refractivity contribution in [1.29, 1.82) is 0 Å². The van der Waals surface area contributed by atoms with Gasteiger partial charge < -0.3 is 14.4 Å². The average Bonchev–Trinajstić information content (AvgIpc) is 3.33. The van der Waals surface area contributed by atoms with Gasteiger partial charge in [0.15, 0.2) is 11.5 Å². The van der Waals surface area contributed by atoms with Crippen LogP contribution in [0.1, 0.15) is 28.8 Å². The van der Waals surface area contributed by atoms with Crippen LogP contribution in [0.15, 0.2) is 72.8 Å². The Morgan fingerprint density at radius 1 is 0.862 bits per heavy atom. The fourth-order valence-electron chi connectivity index (χ4n) is 3.66. The molecule has 0 saturated carbocycles. The van der Waals surface area contributed by atoms with Crippen LogP contribution in [-0.4, -0.2) is 31.0 Å². The summed E-state index contributed by atoms with van der Waals surface area (Å²) in [7, 11) is 1.60. The minimum absolute atomic E-state index is 0.0100. The number of carbonyl (C=O) groups excluding carboxylic acids is 1. The molecule has 0 radical (unpaired) electrons. The van der Waals surface area contributed by atoms with E-state index in [2.05, 4.69) is 36.4 Å². The lowest BCUT2D eigenvalue weighted by atomic mass is 10.0. The molecule has 4 heteroatoms. The van der Waals surface area contributed by atoms with Gasteiger partial charge in [-0.1, -0.05) is 60.7 Å². The Morgan fingerprint density at radius 3 is 2.24 bits per heavy atom. The lowest BCUT2D eigenvalue weighted by Gasteiger charge is -2.19. The monoisotopic (exact) mass is 387 g/mol. The summed E-state index contributed by atoms with van der Waals surface area (Å²) in [5.74, 6) is 1.10. The lowest BCUT2D eigenvalue weighted by Crippen LogP contribution is -2.28. The van der Waals surface area contributed by atoms with Crippen LogP contribution in [0.2, 0.25) is 0 Å². The second-order valence-corrected chi connectivity index (χ2v) is 7.19. The number of hydrogen-bond donors (Lipinski definition) is 0. The van der Waals surface area contributed by atoms with Crippen molar-refractivity contribution >= 4 is 5.91 Å². The van der Waals surface area contributed by atoms with Crippen LogP contribution in [0.4, 0.5) is 0 Å². The number of amides is 1. The highest BCUT2D eigenvalue weighted by Crippen LogP contribution is 2.33. The third-order valence-electron chi connectivity index (χ3n) is 5.27. The molecule has 0 spiro atoms. The maximum atomic E-state index is 12.9. The SMILES string of the molecule is COc1cccc(C(=O)N2CCCC2)c1OCc1ccc(-c2ccccc2)cc1. The van der Waals surface area contributed by atoms with Gasteiger partial charge in [-0.3, -0.25) is 4.79 Å². The van der Waals surface area contributed by atoms with E-state index in [1.165, 1.54) is 5.56 Å². The predicted molar refractivity (Wildman–Crippen MR) is 114 cm³/mol. The third-order valence-corrected chi connectivity index (χ3v) is 5.27. The van der Waals surface area contributed by atoms with Crippen molar-refractivity contribution in [3.8, 4) is 22.6 Å². The molecule has 3 aromatic carbocycles. The highest BCUT2D eigenvalue weighted by molar-refractivity contribution is 5.98. The highest BCUT2D eigenvalue weighted by atomic mass is 16.5. The largest absolute Gasteiger partial charge is 0.493 e. The molecule has 1 saturated heterocycles. The van der Waals surface area contributed by atoms with Crippen LogP contribution in [0.25, 0.3) is 11.1 Å². The van der Waals surface area contributed by atoms with E-state index < -0.39 is 0 Å². The summed E-state index contributed by atoms with van der Waals surface area (Å²) in [6, 6.07) is 24.0. The van der Waals surface area contributed by atoms with Crippen LogP contribution in [0.5, 0.6) is 11.5 Å². The molecule has 0 bridgehead atoms. The molecule has 0 aliphatic carbocycles. The van der Waals surface area contributed by atoms with Crippen molar-refractivity contribution in [2.45, 2.75) is 19.4 Å². The number of rotatable bonds is 6. The Morgan fingerprint density at radius 2 is 1.55 bits per heavy atom. The molecule has 4 nitrogen and oxygen atoms in total. The molecule has 29 heavy (non-hydrogen) atoms. The van der Waals surface area contributed by atoms with Gasteiger partial charge in [0.1, 0.15) is 6.61 Å². The summed E-state index contributed by atoms with van der Waals surface area (Å²) in [6.07, 6.45) is 2.11. The topological polar surface area (TPSA) is 38.8 Å². The zero-order valence-electron chi connectivity index (χ0n) is 16.6. The number of methoxy groups -OCH3 is 1. The molecule has 0 aromatic heterocycles. The minimum Gasteiger partial charge on any atom is -0.493 e. The van der Waals surface area contributed by atoms with Gasteiger partial charge in [0, 0.05) is 13.1 Å². The molecule has 0 unspecified atom stereocenters. The summed E-state index contributed by atoms with van der Waals surface area (Å²) < 4.78 is 11.6. The molecule has 1 amide bonds. The number of carbonyl (C=O) groups is 1. The van der Waals surface area contributed by atoms with Gasteiger partial charge in [0.25, 0.3) is 5.91 Å². The van der Waals surface area contributed by atoms with Crippen molar-refractivity contribution in [3.63, 3.8) is 0 Å². The quantitative estimate of drug-likeness (QED) is 0.585. The van der Waals surface area contributed by atoms with E-state index in [4.69, 9.17) is 9.47 Å². The van der Waals surface area contributed by atoms with E-state index >= 15 is 0 Å². The molecular weight excluding hydrogens is 362 g/mol. The van der Waals surface area contributed by atoms with Gasteiger partial charge in [-0.25, -0.2) is 0 Å². The van der Waals surface area contributed by atoms with Crippen molar-refractivity contribution < 1.29 is 14.3 Å². The average molecular weight is 387 g/mol. The van der Waals surface area contributed by atoms with Crippen molar-refractivity contribution in [3.05, 3.63) is 83.9 Å². The second-order valence-electron chi connectivity index (χ2n) is 7.19. The number of nitrogens with zero attached hydrogens (tertiary/aromatic N) is 1. The first kappa shape index (κ1) is 19.1. The Kier molecular flexibility index (Phi) is 5.80. The van der Waals surface area contributed by atoms with Gasteiger partial charge >= 0.3 is 0 Å². The Balaban J connectivity index is 1.52. The Hall–Kier alpha value is -3.27. The van der Waals surface area contributed by atoms with Crippen LogP contribution in [0.3, 0.4) is 0 Å². The summed E-state index contributed by atoms with van der Waals surface area (Å²) in [5.41, 5.74) is 3.95. The highest BCUT2D eigenvalue weighted by Gasteiger charge is 2.24. The zero-order chi connectivity index (χ0) is 20.1. The van der Waals surface area contributed by atoms with Crippen molar-refractivity contribution in [2.75, 3.05) is 20.2 Å². The van der Waals surface area contributed by atoms with E-state index in [-0.39, 0.29) is 5.91 Å². The van der Waals surface area contributed by atoms with Gasteiger partial charge in [-0.15, -0.1) is 0 Å². The first-order valence-corrected chi connectivity index (χ1v) is 9.99. The van der Waals surface area contributed by atoms with Crippen LogP contribution in [-0.2, 0) is 6.61 Å². The number of ether oxygens (including phenoxy) is 2. The van der Waals surface area contributed by atoms with Crippen LogP contribution >= 0.6 is 0 Å². The fraction of sp³-hybridized carbons (Fsp3) is 0.240. The van der Waals surface area contributed by atoms with E-state index in [1.807, 2.05) is 41.3 Å². The molecular formula is C25H25NO3. The Labute approximate surface area is 171 Å². The molecule has 0 atom stereocenters. The summed E-state index contributed by atoms with van der Waals surface area (Å²) >= 11 is 0. The van der Waals surface area contributed by atoms with E-state index in [0.717, 1.165) is 37.1 Å². The van der Waals surface area contributed by atoms with E-state index in [0.29, 0.717) is 23.7 Å². The molecule has 148 valence electrons. The van der Waals surface area contributed by atoms with E-state index in [9.17, 15) is 4.79 Å². The van der Waals surface area contributed by atoms with Gasteiger partial charge in [-0.05, 0) is 41.7 Å². The van der Waals surface area contributed by atoms with Crippen LogP contribution in [0, 0.1) is 0 Å². The molecule has 3 aromatic rings. The number of hydrogen-bond acceptors (Lipinski definition) is 3.